The smallest absolute Gasteiger partial charge is 0.253 e. The fourth-order valence-corrected chi connectivity index (χ4v) is 3.19. The monoisotopic (exact) mass is 355 g/mol. The molecule has 128 valence electrons. The number of piperidine rings is 1. The lowest BCUT2D eigenvalue weighted by Gasteiger charge is -2.38. The van der Waals surface area contributed by atoms with Crippen LogP contribution in [-0.2, 0) is 0 Å². The van der Waals surface area contributed by atoms with Gasteiger partial charge in [0.15, 0.2) is 10.8 Å². The van der Waals surface area contributed by atoms with E-state index in [2.05, 4.69) is 14.9 Å². The number of nitriles is 1. The molecule has 0 bridgehead atoms. The zero-order valence-corrected chi connectivity index (χ0v) is 14.6. The molecule has 0 aliphatic carbocycles. The summed E-state index contributed by atoms with van der Waals surface area (Å²) >= 11 is 5.99. The molecule has 1 saturated heterocycles. The molecule has 1 fully saturated rings. The van der Waals surface area contributed by atoms with Gasteiger partial charge >= 0.3 is 0 Å². The third kappa shape index (κ3) is 3.72. The van der Waals surface area contributed by atoms with Crippen molar-refractivity contribution in [2.75, 3.05) is 25.0 Å². The molecule has 1 unspecified atom stereocenters. The van der Waals surface area contributed by atoms with E-state index in [1.807, 2.05) is 43.4 Å². The van der Waals surface area contributed by atoms with Gasteiger partial charge in [-0.2, -0.15) is 5.26 Å². The quantitative estimate of drug-likeness (QED) is 0.846. The van der Waals surface area contributed by atoms with E-state index >= 15 is 0 Å². The minimum atomic E-state index is 0.0106. The Balaban J connectivity index is 1.74. The molecule has 1 aliphatic rings. The average Bonchev–Trinajstić information content (AvgIpc) is 2.67. The highest BCUT2D eigenvalue weighted by atomic mass is 35.5. The zero-order valence-electron chi connectivity index (χ0n) is 13.9. The molecule has 0 N–H and O–H groups in total. The summed E-state index contributed by atoms with van der Waals surface area (Å²) in [5, 5.41) is 9.02. The van der Waals surface area contributed by atoms with Gasteiger partial charge in [0.05, 0.1) is 6.20 Å². The maximum atomic E-state index is 12.6. The van der Waals surface area contributed by atoms with E-state index in [1.165, 1.54) is 0 Å². The van der Waals surface area contributed by atoms with Crippen LogP contribution in [0, 0.1) is 11.3 Å². The van der Waals surface area contributed by atoms with Crippen LogP contribution in [0.4, 0.5) is 5.82 Å². The molecule has 2 aromatic rings. The van der Waals surface area contributed by atoms with Crippen molar-refractivity contribution in [3.8, 4) is 6.07 Å². The number of likely N-dealkylation sites (N-methyl/N-ethyl adjacent to an activating group) is 1. The Kier molecular flexibility index (Phi) is 5.15. The lowest BCUT2D eigenvalue weighted by atomic mass is 10.0. The van der Waals surface area contributed by atoms with Gasteiger partial charge in [-0.25, -0.2) is 9.97 Å². The average molecular weight is 356 g/mol. The summed E-state index contributed by atoms with van der Waals surface area (Å²) in [6.07, 6.45) is 3.44. The molecule has 1 aromatic heterocycles. The summed E-state index contributed by atoms with van der Waals surface area (Å²) in [6.45, 7) is 1.48. The van der Waals surface area contributed by atoms with Crippen LogP contribution in [0.1, 0.15) is 28.9 Å². The number of carbonyl (C=O) groups is 1. The molecule has 1 amide bonds. The Bertz CT molecular complexity index is 805. The van der Waals surface area contributed by atoms with Crippen LogP contribution >= 0.6 is 11.6 Å². The van der Waals surface area contributed by atoms with E-state index in [0.29, 0.717) is 17.9 Å². The van der Waals surface area contributed by atoms with Gasteiger partial charge < -0.3 is 9.80 Å². The van der Waals surface area contributed by atoms with Crippen LogP contribution in [0.15, 0.2) is 36.5 Å². The Morgan fingerprint density at radius 1 is 1.40 bits per heavy atom. The largest absolute Gasteiger partial charge is 0.353 e. The van der Waals surface area contributed by atoms with Crippen LogP contribution in [0.25, 0.3) is 0 Å². The number of hydrogen-bond acceptors (Lipinski definition) is 5. The minimum absolute atomic E-state index is 0.0106. The second-order valence-corrected chi connectivity index (χ2v) is 6.36. The van der Waals surface area contributed by atoms with E-state index in [4.69, 9.17) is 16.9 Å². The number of rotatable bonds is 3. The first-order valence-electron chi connectivity index (χ1n) is 8.10. The van der Waals surface area contributed by atoms with Crippen LogP contribution in [0.2, 0.25) is 5.15 Å². The van der Waals surface area contributed by atoms with E-state index in [9.17, 15) is 4.79 Å². The second-order valence-electron chi connectivity index (χ2n) is 6.00. The summed E-state index contributed by atoms with van der Waals surface area (Å²) in [5.41, 5.74) is 0.804. The predicted molar refractivity (Wildman–Crippen MR) is 95.5 cm³/mol. The fraction of sp³-hybridized carbons (Fsp3) is 0.333. The molecule has 1 aliphatic heterocycles. The van der Waals surface area contributed by atoms with Gasteiger partial charge in [0, 0.05) is 31.7 Å². The zero-order chi connectivity index (χ0) is 17.8. The third-order valence-corrected chi connectivity index (χ3v) is 4.70. The number of amides is 1. The fourth-order valence-electron chi connectivity index (χ4n) is 3.01. The molecule has 0 spiro atoms. The Hall–Kier alpha value is -2.65. The first-order chi connectivity index (χ1) is 12.1. The van der Waals surface area contributed by atoms with Crippen molar-refractivity contribution in [3.63, 3.8) is 0 Å². The maximum Gasteiger partial charge on any atom is 0.253 e. The van der Waals surface area contributed by atoms with E-state index < -0.39 is 0 Å². The van der Waals surface area contributed by atoms with Crippen molar-refractivity contribution in [2.45, 2.75) is 18.9 Å². The highest BCUT2D eigenvalue weighted by Crippen LogP contribution is 2.23. The molecular weight excluding hydrogens is 338 g/mol. The van der Waals surface area contributed by atoms with Crippen LogP contribution in [0.3, 0.4) is 0 Å². The third-order valence-electron chi connectivity index (χ3n) is 4.43. The Morgan fingerprint density at radius 3 is 2.84 bits per heavy atom. The van der Waals surface area contributed by atoms with Crippen molar-refractivity contribution in [1.82, 2.24) is 14.9 Å². The van der Waals surface area contributed by atoms with Gasteiger partial charge in [0.25, 0.3) is 5.91 Å². The number of benzene rings is 1. The molecule has 25 heavy (non-hydrogen) atoms. The highest BCUT2D eigenvalue weighted by Gasteiger charge is 2.27. The highest BCUT2D eigenvalue weighted by molar-refractivity contribution is 6.30. The van der Waals surface area contributed by atoms with Gasteiger partial charge in [-0.15, -0.1) is 0 Å². The van der Waals surface area contributed by atoms with Gasteiger partial charge in [0.2, 0.25) is 0 Å². The van der Waals surface area contributed by atoms with E-state index in [-0.39, 0.29) is 22.8 Å². The van der Waals surface area contributed by atoms with Gasteiger partial charge in [0.1, 0.15) is 11.9 Å². The van der Waals surface area contributed by atoms with Crippen LogP contribution < -0.4 is 4.90 Å². The molecule has 1 atom stereocenters. The predicted octanol–water partition coefficient (Wildman–Crippen LogP) is 2.74. The van der Waals surface area contributed by atoms with Crippen molar-refractivity contribution in [3.05, 3.63) is 52.9 Å². The van der Waals surface area contributed by atoms with Gasteiger partial charge in [-0.3, -0.25) is 4.79 Å². The van der Waals surface area contributed by atoms with Crippen molar-refractivity contribution < 1.29 is 4.79 Å². The standard InChI is InChI=1S/C18H18ClN5O/c1-23(18(25)13-6-3-2-4-7-13)14-8-5-9-24(12-14)16-11-21-15(10-20)17(19)22-16/h2-4,6-7,11,14H,5,8-9,12H2,1H3. The van der Waals surface area contributed by atoms with E-state index in [1.54, 1.807) is 11.1 Å². The first kappa shape index (κ1) is 17.2. The molecule has 0 saturated carbocycles. The number of aromatic nitrogens is 2. The summed E-state index contributed by atoms with van der Waals surface area (Å²) in [5.74, 6) is 0.644. The molecule has 2 heterocycles. The number of nitrogens with zero attached hydrogens (tertiary/aromatic N) is 5. The second kappa shape index (κ2) is 7.49. The lowest BCUT2D eigenvalue weighted by Crippen LogP contribution is -2.49. The normalized spacial score (nSPS) is 17.0. The molecule has 6 nitrogen and oxygen atoms in total. The Morgan fingerprint density at radius 2 is 2.16 bits per heavy atom. The number of carbonyl (C=O) groups excluding carboxylic acids is 1. The lowest BCUT2D eigenvalue weighted by molar-refractivity contribution is 0.0717. The molecule has 7 heteroatoms. The maximum absolute atomic E-state index is 12.6. The Labute approximate surface area is 151 Å². The van der Waals surface area contributed by atoms with Crippen molar-refractivity contribution >= 4 is 23.3 Å². The van der Waals surface area contributed by atoms with Crippen molar-refractivity contribution in [1.29, 1.82) is 5.26 Å². The van der Waals surface area contributed by atoms with E-state index in [0.717, 1.165) is 19.4 Å². The first-order valence-corrected chi connectivity index (χ1v) is 8.47. The topological polar surface area (TPSA) is 73.1 Å². The van der Waals surface area contributed by atoms with Crippen LogP contribution in [-0.4, -0.2) is 47.0 Å². The summed E-state index contributed by atoms with van der Waals surface area (Å²) in [6, 6.07) is 11.3. The van der Waals surface area contributed by atoms with Gasteiger partial charge in [-0.05, 0) is 25.0 Å². The summed E-state index contributed by atoms with van der Waals surface area (Å²) in [4.78, 5) is 24.8. The van der Waals surface area contributed by atoms with Crippen LogP contribution in [0.5, 0.6) is 0 Å². The molecule has 1 aromatic carbocycles. The molecular formula is C18H18ClN5O. The summed E-state index contributed by atoms with van der Waals surface area (Å²) in [7, 11) is 1.83. The number of anilines is 1. The van der Waals surface area contributed by atoms with Crippen molar-refractivity contribution in [2.24, 2.45) is 0 Å². The number of halogens is 1. The minimum Gasteiger partial charge on any atom is -0.353 e. The molecule has 0 radical (unpaired) electrons. The summed E-state index contributed by atoms with van der Waals surface area (Å²) < 4.78 is 0. The SMILES string of the molecule is CN(C(=O)c1ccccc1)C1CCCN(c2cnc(C#N)c(Cl)n2)C1. The number of hydrogen-bond donors (Lipinski definition) is 0. The van der Waals surface area contributed by atoms with Gasteiger partial charge in [-0.1, -0.05) is 29.8 Å². The molecule has 3 rings (SSSR count).